The number of rotatable bonds is 15. The number of benzene rings is 13. The van der Waals surface area contributed by atoms with E-state index in [-0.39, 0.29) is 21.8 Å². The van der Waals surface area contributed by atoms with E-state index in [9.17, 15) is 0 Å². The Morgan fingerprint density at radius 3 is 1.15 bits per heavy atom. The molecule has 1 aliphatic rings. The van der Waals surface area contributed by atoms with Gasteiger partial charge in [0.2, 0.25) is 0 Å². The summed E-state index contributed by atoms with van der Waals surface area (Å²) in [6, 6.07) is 110. The van der Waals surface area contributed by atoms with Crippen molar-refractivity contribution in [2.75, 3.05) is 35.5 Å². The van der Waals surface area contributed by atoms with Crippen LogP contribution in [0.4, 0.5) is 0 Å². The molecular weight excluding hydrogens is 1210 g/mol. The van der Waals surface area contributed by atoms with Crippen molar-refractivity contribution in [3.8, 4) is 0 Å². The van der Waals surface area contributed by atoms with E-state index in [0.29, 0.717) is 32.7 Å². The molecule has 14 rings (SSSR count). The lowest BCUT2D eigenvalue weighted by molar-refractivity contribution is 0.871. The Balaban J connectivity index is 0.000000128. The molecule has 464 valence electrons. The van der Waals surface area contributed by atoms with Crippen molar-refractivity contribution in [1.82, 2.24) is 0 Å². The number of aryl methyl sites for hydroxylation is 3. The Hall–Kier alpha value is -7.35. The van der Waals surface area contributed by atoms with Crippen molar-refractivity contribution >= 4 is 97.6 Å². The highest BCUT2D eigenvalue weighted by Crippen LogP contribution is 2.37. The second-order valence-electron chi connectivity index (χ2n) is 23.6. The summed E-state index contributed by atoms with van der Waals surface area (Å²) in [5.41, 5.74) is 3.94. The molecule has 13 aromatic rings. The molecule has 0 N–H and O–H groups in total. The fourth-order valence-corrected chi connectivity index (χ4v) is 22.2. The van der Waals surface area contributed by atoms with Crippen LogP contribution < -0.4 is 0 Å². The topological polar surface area (TPSA) is 0 Å². The van der Waals surface area contributed by atoms with Crippen LogP contribution in [0.1, 0.15) is 69.1 Å². The van der Waals surface area contributed by atoms with Crippen molar-refractivity contribution in [2.45, 2.75) is 117 Å². The maximum atomic E-state index is 2.36. The van der Waals surface area contributed by atoms with Gasteiger partial charge in [0.25, 0.3) is 0 Å². The summed E-state index contributed by atoms with van der Waals surface area (Å²) in [7, 11) is 1.19. The average molecular weight is 1300 g/mol. The van der Waals surface area contributed by atoms with Crippen LogP contribution in [0.3, 0.4) is 0 Å². The average Bonchev–Trinajstić information content (AvgIpc) is 0.903. The van der Waals surface area contributed by atoms with Crippen LogP contribution >= 0.6 is 0 Å². The molecule has 0 aliphatic carbocycles. The summed E-state index contributed by atoms with van der Waals surface area (Å²) < 4.78 is 0. The third-order valence-electron chi connectivity index (χ3n) is 16.6. The molecule has 0 unspecified atom stereocenters. The third kappa shape index (κ3) is 18.1. The van der Waals surface area contributed by atoms with Crippen molar-refractivity contribution in [1.29, 1.82) is 0 Å². The van der Waals surface area contributed by atoms with Crippen LogP contribution in [0.2, 0.25) is 0 Å². The highest BCUT2D eigenvalue weighted by molar-refractivity contribution is 7.98. The zero-order valence-electron chi connectivity index (χ0n) is 55.0. The van der Waals surface area contributed by atoms with Crippen LogP contribution in [-0.2, 0) is 54.5 Å². The van der Waals surface area contributed by atoms with Crippen LogP contribution in [0.25, 0.3) is 43.1 Å². The Kier molecular flexibility index (Phi) is 25.7. The minimum absolute atomic E-state index is 0.0312. The zero-order valence-corrected chi connectivity index (χ0v) is 59.1. The van der Waals surface area contributed by atoms with E-state index in [0.717, 1.165) is 0 Å². The van der Waals surface area contributed by atoms with Gasteiger partial charge in [-0.2, -0.15) is 0 Å². The van der Waals surface area contributed by atoms with E-state index < -0.39 is 0 Å². The fourth-order valence-electron chi connectivity index (χ4n) is 11.7. The smallest absolute Gasteiger partial charge is 0.0652 e. The zero-order chi connectivity index (χ0) is 63.9. The Morgan fingerprint density at radius 1 is 0.304 bits per heavy atom. The van der Waals surface area contributed by atoms with E-state index in [4.69, 9.17) is 0 Å². The van der Waals surface area contributed by atoms with Gasteiger partial charge in [0, 0.05) is 54.2 Å². The van der Waals surface area contributed by atoms with E-state index in [1.807, 2.05) is 0 Å². The van der Waals surface area contributed by atoms with Gasteiger partial charge in [0.1, 0.15) is 35.5 Å². The van der Waals surface area contributed by atoms with Gasteiger partial charge in [-0.1, -0.05) is 232 Å². The molecule has 1 fully saturated rings. The van der Waals surface area contributed by atoms with E-state index in [1.165, 1.54) is 156 Å². The Morgan fingerprint density at radius 2 is 0.674 bits per heavy atom. The first-order chi connectivity index (χ1) is 45.2. The number of unbranched alkanes of at least 4 members (excludes halogenated alkanes) is 2. The summed E-state index contributed by atoms with van der Waals surface area (Å²) in [5, 5.41) is 11.2. The summed E-state index contributed by atoms with van der Waals surface area (Å²) in [6.07, 6.45) is 12.7. The Labute approximate surface area is 565 Å². The minimum atomic E-state index is -0.0975. The highest BCUT2D eigenvalue weighted by Gasteiger charge is 2.32. The van der Waals surface area contributed by atoms with Crippen molar-refractivity contribution in [2.24, 2.45) is 0 Å². The van der Waals surface area contributed by atoms with Gasteiger partial charge in [0.15, 0.2) is 44.1 Å². The van der Waals surface area contributed by atoms with Crippen LogP contribution in [0.15, 0.2) is 347 Å². The second-order valence-corrected chi connectivity index (χ2v) is 34.1. The molecule has 5 heteroatoms. The maximum absolute atomic E-state index is 2.36. The first kappa shape index (κ1) is 67.5. The lowest BCUT2D eigenvalue weighted by Crippen LogP contribution is -2.13. The molecule has 0 spiro atoms. The molecule has 1 heterocycles. The van der Waals surface area contributed by atoms with Gasteiger partial charge >= 0.3 is 0 Å². The van der Waals surface area contributed by atoms with Crippen LogP contribution in [-0.4, -0.2) is 35.5 Å². The van der Waals surface area contributed by atoms with Gasteiger partial charge in [-0.25, -0.2) is 0 Å². The van der Waals surface area contributed by atoms with E-state index >= 15 is 0 Å². The summed E-state index contributed by atoms with van der Waals surface area (Å²) in [6.45, 7) is 11.1. The van der Waals surface area contributed by atoms with Crippen LogP contribution in [0.5, 0.6) is 0 Å². The largest absolute Gasteiger partial charge is 0.174 e. The quantitative estimate of drug-likeness (QED) is 0.0898. The third-order valence-corrected chi connectivity index (χ3v) is 27.4. The summed E-state index contributed by atoms with van der Waals surface area (Å²) in [4.78, 5) is 12.9. The van der Waals surface area contributed by atoms with Gasteiger partial charge in [0.05, 0.1) is 21.8 Å². The predicted molar refractivity (Wildman–Crippen MR) is 414 cm³/mol. The summed E-state index contributed by atoms with van der Waals surface area (Å²) >= 11 is 0. The Bertz CT molecular complexity index is 4220. The second kappa shape index (κ2) is 35.1. The number of hydrogen-bond donors (Lipinski definition) is 0. The molecule has 1 saturated heterocycles. The molecular formula is C87H91S5+5. The maximum Gasteiger partial charge on any atom is 0.174 e. The monoisotopic (exact) mass is 1300 g/mol. The predicted octanol–water partition coefficient (Wildman–Crippen LogP) is 23.7. The van der Waals surface area contributed by atoms with Gasteiger partial charge < -0.3 is 0 Å². The van der Waals surface area contributed by atoms with Crippen molar-refractivity contribution in [3.05, 3.63) is 320 Å². The highest BCUT2D eigenvalue weighted by atomic mass is 32.2. The number of hydrogen-bond acceptors (Lipinski definition) is 0. The first-order valence-corrected chi connectivity index (χ1v) is 40.4. The van der Waals surface area contributed by atoms with Gasteiger partial charge in [-0.3, -0.25) is 0 Å². The molecule has 0 nitrogen and oxygen atoms in total. The molecule has 1 aliphatic heterocycles. The molecule has 92 heavy (non-hydrogen) atoms. The molecule has 0 aromatic heterocycles. The fraction of sp³-hybridized carbons (Fsp3) is 0.195. The molecule has 0 bridgehead atoms. The molecule has 0 radical (unpaired) electrons. The first-order valence-electron chi connectivity index (χ1n) is 32.8. The molecule has 0 atom stereocenters. The van der Waals surface area contributed by atoms with Gasteiger partial charge in [-0.05, 0) is 183 Å². The van der Waals surface area contributed by atoms with Gasteiger partial charge in [-0.15, -0.1) is 0 Å². The molecule has 0 amide bonds. The lowest BCUT2D eigenvalue weighted by Gasteiger charge is -2.11. The standard InChI is InChI=1S/C23H19S.C20H19S.C18H25S.C14H15S.C12H13S/c1-18-16-17-23(22-15-9-8-14-21(18)22)24(19-10-4-2-5-11-19)20-12-6-3-7-13-20;1-16-8-12-19(13-9-16)21(18-6-4-3-5-7-18)20-14-10-17(2)11-15-20;1-3-5-14-19(15-6-4-2)18-13-9-11-16-10-7-8-12-17(16)18;1-2-8-13-12(6-1)7-5-9-14(13)15-10-3-4-11-15;1-13(2)12-9-5-7-10-6-3-4-8-11(10)12/h2-17H,1H3;3-15H,1-2H3;7-13H,3-6,14-15H2,1-2H3;1-2,5-9H,3-4,10-11H2;3-9H,1-2H3/q5*+1. The van der Waals surface area contributed by atoms with Crippen LogP contribution in [0, 0.1) is 20.8 Å². The summed E-state index contributed by atoms with van der Waals surface area (Å²) in [5.74, 6) is 5.55. The molecule has 13 aromatic carbocycles. The van der Waals surface area contributed by atoms with Crippen molar-refractivity contribution in [3.63, 3.8) is 0 Å². The normalized spacial score (nSPS) is 12.1. The number of fused-ring (bicyclic) bond motifs is 4. The van der Waals surface area contributed by atoms with E-state index in [2.05, 4.69) is 350 Å². The lowest BCUT2D eigenvalue weighted by atomic mass is 10.1. The minimum Gasteiger partial charge on any atom is -0.0652 e. The van der Waals surface area contributed by atoms with Crippen molar-refractivity contribution < 1.29 is 0 Å². The molecule has 0 saturated carbocycles. The van der Waals surface area contributed by atoms with E-state index in [1.54, 1.807) is 9.79 Å². The SMILES string of the molecule is CCCC[S+](CCCC)c1cccc2ccccc12.C[S+](C)c1cccc2ccccc12.Cc1ccc([S+](c2ccccc2)c2ccc(C)cc2)cc1.Cc1ccc([S+](c2ccccc2)c2ccccc2)c2ccccc12.c1ccc2c([S+]3CCCC3)cccc2c1.